The van der Waals surface area contributed by atoms with Gasteiger partial charge in [0.1, 0.15) is 5.75 Å². The Morgan fingerprint density at radius 2 is 1.61 bits per heavy atom. The fourth-order valence-electron chi connectivity index (χ4n) is 9.18. The highest BCUT2D eigenvalue weighted by molar-refractivity contribution is 5.81. The summed E-state index contributed by atoms with van der Waals surface area (Å²) in [5.41, 5.74) is 2.40. The second-order valence-electron chi connectivity index (χ2n) is 12.9. The standard InChI is InChI=1S/C33H42N2O3/c1-32-19-17-26-24(13-16-28-33(26,2)20-18-29(36)34-28)25(32)14-15-27(32)31(37)35-30(21-7-5-4-6-8-21)22-9-11-23(38-3)12-10-22/h4-12,24-28,30H,13-20H2,1-3H3,(H,34,36)(H,35,37)/t24-,25-,26+,27?,28?,30?,32-,33+/m0/s1. The molecule has 1 aliphatic heterocycles. The number of fused-ring (bicyclic) bond motifs is 5. The number of benzene rings is 2. The van der Waals surface area contributed by atoms with E-state index < -0.39 is 0 Å². The van der Waals surface area contributed by atoms with E-state index in [1.54, 1.807) is 7.11 Å². The average Bonchev–Trinajstić information content (AvgIpc) is 3.30. The van der Waals surface area contributed by atoms with Crippen LogP contribution >= 0.6 is 0 Å². The lowest BCUT2D eigenvalue weighted by atomic mass is 9.47. The van der Waals surface area contributed by atoms with Gasteiger partial charge in [0.25, 0.3) is 0 Å². The Hall–Kier alpha value is -2.82. The molecule has 0 radical (unpaired) electrons. The molecular weight excluding hydrogens is 472 g/mol. The summed E-state index contributed by atoms with van der Waals surface area (Å²) in [6, 6.07) is 18.5. The minimum Gasteiger partial charge on any atom is -0.497 e. The number of hydrogen-bond acceptors (Lipinski definition) is 3. The van der Waals surface area contributed by atoms with Gasteiger partial charge in [0, 0.05) is 18.4 Å². The number of hydrogen-bond donors (Lipinski definition) is 2. The number of methoxy groups -OCH3 is 1. The van der Waals surface area contributed by atoms with Crippen molar-refractivity contribution in [1.82, 2.24) is 10.6 Å². The van der Waals surface area contributed by atoms with E-state index in [9.17, 15) is 9.59 Å². The second kappa shape index (κ2) is 9.73. The maximum absolute atomic E-state index is 14.1. The summed E-state index contributed by atoms with van der Waals surface area (Å²) in [6.45, 7) is 4.85. The summed E-state index contributed by atoms with van der Waals surface area (Å²) < 4.78 is 5.37. The normalized spacial score (nSPS) is 36.7. The quantitative estimate of drug-likeness (QED) is 0.511. The lowest BCUT2D eigenvalue weighted by Gasteiger charge is -2.60. The lowest BCUT2D eigenvalue weighted by molar-refractivity contribution is -0.141. The molecule has 2 amide bonds. The van der Waals surface area contributed by atoms with E-state index >= 15 is 0 Å². The van der Waals surface area contributed by atoms with Gasteiger partial charge in [-0.3, -0.25) is 9.59 Å². The van der Waals surface area contributed by atoms with E-state index in [0.717, 1.165) is 49.0 Å². The average molecular weight is 515 g/mol. The van der Waals surface area contributed by atoms with E-state index in [4.69, 9.17) is 4.74 Å². The van der Waals surface area contributed by atoms with Crippen LogP contribution < -0.4 is 15.4 Å². The van der Waals surface area contributed by atoms with Gasteiger partial charge in [-0.1, -0.05) is 56.3 Å². The summed E-state index contributed by atoms with van der Waals surface area (Å²) in [5, 5.41) is 6.83. The van der Waals surface area contributed by atoms with Crippen molar-refractivity contribution in [2.45, 2.75) is 77.3 Å². The van der Waals surface area contributed by atoms with Crippen LogP contribution in [0.2, 0.25) is 0 Å². The Labute approximate surface area is 227 Å². The molecule has 0 bridgehead atoms. The highest BCUT2D eigenvalue weighted by atomic mass is 16.5. The molecular formula is C33H42N2O3. The maximum atomic E-state index is 14.1. The van der Waals surface area contributed by atoms with Crippen molar-refractivity contribution in [3.05, 3.63) is 65.7 Å². The number of nitrogens with one attached hydrogen (secondary N) is 2. The fraction of sp³-hybridized carbons (Fsp3) is 0.576. The summed E-state index contributed by atoms with van der Waals surface area (Å²) in [7, 11) is 1.68. The third-order valence-electron chi connectivity index (χ3n) is 11.3. The predicted octanol–water partition coefficient (Wildman–Crippen LogP) is 6.04. The summed E-state index contributed by atoms with van der Waals surface area (Å²) in [4.78, 5) is 26.2. The molecule has 2 aromatic carbocycles. The van der Waals surface area contributed by atoms with Gasteiger partial charge < -0.3 is 15.4 Å². The SMILES string of the molecule is COc1ccc(C(NC(=O)C2CC[C@H]3[C@@H]4CCC5NC(=O)CC[C@]5(C)[C@@H]4CC[C@]23C)c2ccccc2)cc1. The molecule has 3 saturated carbocycles. The number of piperidine rings is 1. The zero-order valence-corrected chi connectivity index (χ0v) is 23.0. The monoisotopic (exact) mass is 514 g/mol. The van der Waals surface area contributed by atoms with Crippen molar-refractivity contribution < 1.29 is 14.3 Å². The van der Waals surface area contributed by atoms with Crippen LogP contribution in [-0.4, -0.2) is 25.0 Å². The number of ether oxygens (including phenoxy) is 1. The zero-order valence-electron chi connectivity index (χ0n) is 23.0. The van der Waals surface area contributed by atoms with Gasteiger partial charge in [0.05, 0.1) is 13.2 Å². The summed E-state index contributed by atoms with van der Waals surface area (Å²) >= 11 is 0. The van der Waals surface area contributed by atoms with Crippen LogP contribution in [0.4, 0.5) is 0 Å². The smallest absolute Gasteiger partial charge is 0.224 e. The largest absolute Gasteiger partial charge is 0.497 e. The van der Waals surface area contributed by atoms with Crippen molar-refractivity contribution in [1.29, 1.82) is 0 Å². The van der Waals surface area contributed by atoms with Crippen molar-refractivity contribution >= 4 is 11.8 Å². The predicted molar refractivity (Wildman–Crippen MR) is 148 cm³/mol. The molecule has 3 aliphatic carbocycles. The first kappa shape index (κ1) is 25.5. The molecule has 0 aromatic heterocycles. The van der Waals surface area contributed by atoms with Crippen LogP contribution in [0.1, 0.15) is 82.4 Å². The molecule has 4 aliphatic rings. The number of carbonyl (C=O) groups excluding carboxylic acids is 2. The van der Waals surface area contributed by atoms with E-state index in [1.807, 2.05) is 30.3 Å². The first-order chi connectivity index (χ1) is 18.3. The number of amides is 2. The fourth-order valence-corrected chi connectivity index (χ4v) is 9.18. The van der Waals surface area contributed by atoms with Crippen LogP contribution in [0.5, 0.6) is 5.75 Å². The maximum Gasteiger partial charge on any atom is 0.224 e. The van der Waals surface area contributed by atoms with E-state index in [-0.39, 0.29) is 34.6 Å². The Balaban J connectivity index is 1.23. The molecule has 8 atom stereocenters. The second-order valence-corrected chi connectivity index (χ2v) is 12.9. The van der Waals surface area contributed by atoms with E-state index in [2.05, 4.69) is 48.7 Å². The highest BCUT2D eigenvalue weighted by Gasteiger charge is 2.61. The topological polar surface area (TPSA) is 67.4 Å². The number of carbonyl (C=O) groups is 2. The van der Waals surface area contributed by atoms with Crippen molar-refractivity contribution in [2.75, 3.05) is 7.11 Å². The molecule has 4 fully saturated rings. The molecule has 6 rings (SSSR count). The van der Waals surface area contributed by atoms with Crippen LogP contribution in [0, 0.1) is 34.5 Å². The highest BCUT2D eigenvalue weighted by Crippen LogP contribution is 2.65. The van der Waals surface area contributed by atoms with Gasteiger partial charge >= 0.3 is 0 Å². The van der Waals surface area contributed by atoms with Gasteiger partial charge in [-0.05, 0) is 96.8 Å². The van der Waals surface area contributed by atoms with Gasteiger partial charge in [-0.2, -0.15) is 0 Å². The van der Waals surface area contributed by atoms with Gasteiger partial charge in [-0.15, -0.1) is 0 Å². The summed E-state index contributed by atoms with van der Waals surface area (Å²) in [6.07, 6.45) is 8.32. The molecule has 202 valence electrons. The van der Waals surface area contributed by atoms with Gasteiger partial charge in [0.15, 0.2) is 0 Å². The van der Waals surface area contributed by atoms with Crippen molar-refractivity contribution in [3.8, 4) is 5.75 Å². The van der Waals surface area contributed by atoms with E-state index in [1.165, 1.54) is 12.8 Å². The Morgan fingerprint density at radius 1 is 0.895 bits per heavy atom. The van der Waals surface area contributed by atoms with Crippen LogP contribution in [0.3, 0.4) is 0 Å². The molecule has 5 nitrogen and oxygen atoms in total. The minimum atomic E-state index is -0.186. The molecule has 2 N–H and O–H groups in total. The Morgan fingerprint density at radius 3 is 2.34 bits per heavy atom. The van der Waals surface area contributed by atoms with E-state index in [0.29, 0.717) is 30.2 Å². The molecule has 3 unspecified atom stereocenters. The van der Waals surface area contributed by atoms with Gasteiger partial charge in [-0.25, -0.2) is 0 Å². The molecule has 38 heavy (non-hydrogen) atoms. The van der Waals surface area contributed by atoms with Crippen LogP contribution in [-0.2, 0) is 9.59 Å². The van der Waals surface area contributed by atoms with Crippen molar-refractivity contribution in [2.24, 2.45) is 34.5 Å². The van der Waals surface area contributed by atoms with Crippen molar-refractivity contribution in [3.63, 3.8) is 0 Å². The molecule has 5 heteroatoms. The zero-order chi connectivity index (χ0) is 26.5. The molecule has 2 aromatic rings. The van der Waals surface area contributed by atoms with Gasteiger partial charge in [0.2, 0.25) is 11.8 Å². The molecule has 1 saturated heterocycles. The lowest BCUT2D eigenvalue weighted by Crippen LogP contribution is -2.61. The minimum absolute atomic E-state index is 0.0352. The molecule has 0 spiro atoms. The number of rotatable bonds is 5. The first-order valence-electron chi connectivity index (χ1n) is 14.6. The Kier molecular flexibility index (Phi) is 6.52. The Bertz CT molecular complexity index is 1180. The van der Waals surface area contributed by atoms with Crippen LogP contribution in [0.15, 0.2) is 54.6 Å². The first-order valence-corrected chi connectivity index (χ1v) is 14.6. The summed E-state index contributed by atoms with van der Waals surface area (Å²) in [5.74, 6) is 3.18. The van der Waals surface area contributed by atoms with Crippen LogP contribution in [0.25, 0.3) is 0 Å². The third-order valence-corrected chi connectivity index (χ3v) is 11.3. The molecule has 1 heterocycles. The third kappa shape index (κ3) is 4.13.